The summed E-state index contributed by atoms with van der Waals surface area (Å²) in [7, 11) is 0. The van der Waals surface area contributed by atoms with Gasteiger partial charge in [-0.15, -0.1) is 0 Å². The Labute approximate surface area is 110 Å². The van der Waals surface area contributed by atoms with E-state index in [0.717, 1.165) is 18.1 Å². The summed E-state index contributed by atoms with van der Waals surface area (Å²) in [5.74, 6) is -1.79. The molecule has 0 aromatic heterocycles. The highest BCUT2D eigenvalue weighted by Gasteiger charge is 2.16. The van der Waals surface area contributed by atoms with Crippen LogP contribution < -0.4 is 5.32 Å². The van der Waals surface area contributed by atoms with E-state index in [-0.39, 0.29) is 11.3 Å². The van der Waals surface area contributed by atoms with Crippen LogP contribution in [0.25, 0.3) is 0 Å². The van der Waals surface area contributed by atoms with Crippen molar-refractivity contribution in [3.8, 4) is 5.75 Å². The van der Waals surface area contributed by atoms with E-state index in [1.807, 2.05) is 19.1 Å². The quantitative estimate of drug-likeness (QED) is 0.888. The summed E-state index contributed by atoms with van der Waals surface area (Å²) >= 11 is 0. The maximum Gasteiger partial charge on any atom is 0.262 e. The van der Waals surface area contributed by atoms with Crippen LogP contribution in [-0.2, 0) is 6.42 Å². The number of rotatable bonds is 3. The van der Waals surface area contributed by atoms with Gasteiger partial charge in [-0.05, 0) is 36.2 Å². The largest absolute Gasteiger partial charge is 0.507 e. The Bertz CT molecular complexity index is 573. The molecule has 2 aromatic rings. The van der Waals surface area contributed by atoms with Gasteiger partial charge >= 0.3 is 0 Å². The van der Waals surface area contributed by atoms with Crippen molar-refractivity contribution < 1.29 is 14.3 Å². The molecule has 98 valence electrons. The number of carbonyl (C=O) groups excluding carboxylic acids is 1. The Morgan fingerprint density at radius 2 is 1.89 bits per heavy atom. The Morgan fingerprint density at radius 3 is 2.47 bits per heavy atom. The van der Waals surface area contributed by atoms with E-state index < -0.39 is 11.7 Å². The van der Waals surface area contributed by atoms with E-state index in [4.69, 9.17) is 0 Å². The zero-order valence-electron chi connectivity index (χ0n) is 10.5. The molecule has 0 aliphatic heterocycles. The number of phenolic OH excluding ortho intramolecular Hbond substituents is 1. The number of aromatic hydroxyl groups is 1. The fraction of sp³-hybridized carbons (Fsp3) is 0.133. The van der Waals surface area contributed by atoms with Gasteiger partial charge in [-0.2, -0.15) is 0 Å². The van der Waals surface area contributed by atoms with Crippen molar-refractivity contribution in [1.82, 2.24) is 0 Å². The second-order valence-corrected chi connectivity index (χ2v) is 4.14. The predicted octanol–water partition coefficient (Wildman–Crippen LogP) is 3.35. The highest BCUT2D eigenvalue weighted by molar-refractivity contribution is 6.06. The molecule has 1 amide bonds. The molecule has 2 rings (SSSR count). The zero-order valence-corrected chi connectivity index (χ0v) is 10.5. The molecule has 0 heterocycles. The van der Waals surface area contributed by atoms with Gasteiger partial charge in [0.05, 0.1) is 0 Å². The molecule has 0 aliphatic rings. The highest BCUT2D eigenvalue weighted by atomic mass is 19.1. The average Bonchev–Trinajstić information content (AvgIpc) is 2.39. The lowest BCUT2D eigenvalue weighted by atomic mass is 10.1. The van der Waals surface area contributed by atoms with E-state index in [1.165, 1.54) is 12.1 Å². The topological polar surface area (TPSA) is 49.3 Å². The van der Waals surface area contributed by atoms with Crippen LogP contribution in [0.4, 0.5) is 10.1 Å². The number of carbonyl (C=O) groups is 1. The van der Waals surface area contributed by atoms with Crippen LogP contribution >= 0.6 is 0 Å². The summed E-state index contributed by atoms with van der Waals surface area (Å²) in [6.07, 6.45) is 0.905. The normalized spacial score (nSPS) is 10.2. The number of halogens is 1. The number of hydrogen-bond acceptors (Lipinski definition) is 2. The number of anilines is 1. The summed E-state index contributed by atoms with van der Waals surface area (Å²) in [5.41, 5.74) is 1.36. The molecule has 0 radical (unpaired) electrons. The fourth-order valence-corrected chi connectivity index (χ4v) is 1.75. The van der Waals surface area contributed by atoms with Gasteiger partial charge in [0.1, 0.15) is 17.1 Å². The molecule has 2 aromatic carbocycles. The molecule has 0 saturated heterocycles. The summed E-state index contributed by atoms with van der Waals surface area (Å²) < 4.78 is 13.5. The third-order valence-electron chi connectivity index (χ3n) is 2.84. The number of aryl methyl sites for hydroxylation is 1. The number of phenols is 1. The van der Waals surface area contributed by atoms with Gasteiger partial charge < -0.3 is 10.4 Å². The third-order valence-corrected chi connectivity index (χ3v) is 2.84. The Hall–Kier alpha value is -2.36. The SMILES string of the molecule is CCc1ccc(NC(=O)c2c(O)cccc2F)cc1. The van der Waals surface area contributed by atoms with Crippen molar-refractivity contribution in [2.24, 2.45) is 0 Å². The summed E-state index contributed by atoms with van der Waals surface area (Å²) in [5, 5.41) is 12.1. The molecule has 0 saturated carbocycles. The molecular weight excluding hydrogens is 245 g/mol. The Balaban J connectivity index is 2.21. The number of benzene rings is 2. The minimum absolute atomic E-state index is 0.345. The molecule has 0 atom stereocenters. The summed E-state index contributed by atoms with van der Waals surface area (Å²) in [6.45, 7) is 2.03. The van der Waals surface area contributed by atoms with Gasteiger partial charge in [0.25, 0.3) is 5.91 Å². The minimum Gasteiger partial charge on any atom is -0.507 e. The van der Waals surface area contributed by atoms with Gasteiger partial charge in [-0.25, -0.2) is 4.39 Å². The molecule has 2 N–H and O–H groups in total. The van der Waals surface area contributed by atoms with Gasteiger partial charge in [0, 0.05) is 5.69 Å². The first-order valence-corrected chi connectivity index (χ1v) is 5.99. The molecule has 0 fully saturated rings. The lowest BCUT2D eigenvalue weighted by Gasteiger charge is -2.08. The summed E-state index contributed by atoms with van der Waals surface area (Å²) in [6, 6.07) is 11.0. The standard InChI is InChI=1S/C15H14FNO2/c1-2-10-6-8-11(9-7-10)17-15(19)14-12(16)4-3-5-13(14)18/h3-9,18H,2H2,1H3,(H,17,19). The van der Waals surface area contributed by atoms with Gasteiger partial charge in [0.2, 0.25) is 0 Å². The molecule has 3 nitrogen and oxygen atoms in total. The van der Waals surface area contributed by atoms with Crippen LogP contribution in [0.15, 0.2) is 42.5 Å². The number of nitrogens with one attached hydrogen (secondary N) is 1. The molecule has 0 bridgehead atoms. The van der Waals surface area contributed by atoms with Crippen LogP contribution in [0.5, 0.6) is 5.75 Å². The molecule has 0 unspecified atom stereocenters. The van der Waals surface area contributed by atoms with E-state index in [1.54, 1.807) is 12.1 Å². The van der Waals surface area contributed by atoms with Crippen LogP contribution in [-0.4, -0.2) is 11.0 Å². The summed E-state index contributed by atoms with van der Waals surface area (Å²) in [4.78, 5) is 11.9. The number of amides is 1. The average molecular weight is 259 g/mol. The molecule has 0 aliphatic carbocycles. The van der Waals surface area contributed by atoms with Crippen molar-refractivity contribution in [1.29, 1.82) is 0 Å². The van der Waals surface area contributed by atoms with E-state index in [2.05, 4.69) is 5.32 Å². The van der Waals surface area contributed by atoms with Crippen molar-refractivity contribution in [3.05, 3.63) is 59.4 Å². The van der Waals surface area contributed by atoms with Gasteiger partial charge in [0.15, 0.2) is 0 Å². The van der Waals surface area contributed by atoms with E-state index >= 15 is 0 Å². The van der Waals surface area contributed by atoms with Crippen LogP contribution in [0.3, 0.4) is 0 Å². The number of hydrogen-bond donors (Lipinski definition) is 2. The second kappa shape index (κ2) is 5.52. The molecule has 0 spiro atoms. The molecule has 4 heteroatoms. The maximum absolute atomic E-state index is 13.5. The lowest BCUT2D eigenvalue weighted by molar-refractivity contribution is 0.102. The minimum atomic E-state index is -0.748. The highest BCUT2D eigenvalue weighted by Crippen LogP contribution is 2.21. The fourth-order valence-electron chi connectivity index (χ4n) is 1.75. The smallest absolute Gasteiger partial charge is 0.262 e. The predicted molar refractivity (Wildman–Crippen MR) is 71.8 cm³/mol. The van der Waals surface area contributed by atoms with Crippen molar-refractivity contribution in [2.75, 3.05) is 5.32 Å². The monoisotopic (exact) mass is 259 g/mol. The first kappa shape index (κ1) is 13.1. The van der Waals surface area contributed by atoms with Crippen molar-refractivity contribution in [2.45, 2.75) is 13.3 Å². The zero-order chi connectivity index (χ0) is 13.8. The molecular formula is C15H14FNO2. The van der Waals surface area contributed by atoms with Crippen LogP contribution in [0.1, 0.15) is 22.8 Å². The van der Waals surface area contributed by atoms with Crippen molar-refractivity contribution in [3.63, 3.8) is 0 Å². The van der Waals surface area contributed by atoms with E-state index in [0.29, 0.717) is 5.69 Å². The molecule has 19 heavy (non-hydrogen) atoms. The first-order chi connectivity index (χ1) is 9.11. The second-order valence-electron chi connectivity index (χ2n) is 4.14. The maximum atomic E-state index is 13.5. The van der Waals surface area contributed by atoms with Gasteiger partial charge in [-0.3, -0.25) is 4.79 Å². The van der Waals surface area contributed by atoms with Crippen LogP contribution in [0.2, 0.25) is 0 Å². The lowest BCUT2D eigenvalue weighted by Crippen LogP contribution is -2.14. The van der Waals surface area contributed by atoms with Crippen molar-refractivity contribution >= 4 is 11.6 Å². The first-order valence-electron chi connectivity index (χ1n) is 5.99. The Kier molecular flexibility index (Phi) is 3.80. The third kappa shape index (κ3) is 2.91. The van der Waals surface area contributed by atoms with E-state index in [9.17, 15) is 14.3 Å². The van der Waals surface area contributed by atoms with Gasteiger partial charge in [-0.1, -0.05) is 25.1 Å². The van der Waals surface area contributed by atoms with Crippen LogP contribution in [0, 0.1) is 5.82 Å². The Morgan fingerprint density at radius 1 is 1.21 bits per heavy atom.